The molecule has 1 atom stereocenters. The van der Waals surface area contributed by atoms with Crippen LogP contribution in [0.1, 0.15) is 29.3 Å². The lowest BCUT2D eigenvalue weighted by Gasteiger charge is -2.17. The van der Waals surface area contributed by atoms with Crippen LogP contribution in [0.25, 0.3) is 6.08 Å². The molecule has 0 aliphatic carbocycles. The highest BCUT2D eigenvalue weighted by Crippen LogP contribution is 2.33. The Balaban J connectivity index is 1.55. The van der Waals surface area contributed by atoms with Gasteiger partial charge in [-0.1, -0.05) is 60.5 Å². The van der Waals surface area contributed by atoms with E-state index in [4.69, 9.17) is 32.7 Å². The maximum absolute atomic E-state index is 13.6. The van der Waals surface area contributed by atoms with Crippen molar-refractivity contribution in [1.29, 1.82) is 0 Å². The summed E-state index contributed by atoms with van der Waals surface area (Å²) in [5.41, 5.74) is 1.84. The lowest BCUT2D eigenvalue weighted by Crippen LogP contribution is -2.30. The van der Waals surface area contributed by atoms with Crippen LogP contribution in [0, 0.1) is 0 Å². The van der Waals surface area contributed by atoms with E-state index < -0.39 is 17.1 Å². The molecular formula is C34H31Cl2N3O5S. The summed E-state index contributed by atoms with van der Waals surface area (Å²) in [4.78, 5) is 40.5. The van der Waals surface area contributed by atoms with Gasteiger partial charge in [0.15, 0.2) is 0 Å². The van der Waals surface area contributed by atoms with Crippen molar-refractivity contribution < 1.29 is 23.9 Å². The van der Waals surface area contributed by atoms with Crippen molar-refractivity contribution in [3.05, 3.63) is 118 Å². The molecule has 4 aromatic carbocycles. The minimum absolute atomic E-state index is 0.00501. The topological polar surface area (TPSA) is 106 Å². The van der Waals surface area contributed by atoms with Crippen molar-refractivity contribution in [3.63, 3.8) is 0 Å². The molecule has 0 heterocycles. The zero-order valence-electron chi connectivity index (χ0n) is 24.7. The summed E-state index contributed by atoms with van der Waals surface area (Å²) < 4.78 is 10.8. The van der Waals surface area contributed by atoms with E-state index in [1.165, 1.54) is 24.9 Å². The van der Waals surface area contributed by atoms with Crippen LogP contribution in [-0.2, 0) is 9.59 Å². The maximum atomic E-state index is 13.6. The van der Waals surface area contributed by atoms with Crippen LogP contribution in [0.5, 0.6) is 11.5 Å². The number of amides is 3. The number of ether oxygens (including phenoxy) is 2. The number of halogens is 2. The number of anilines is 2. The van der Waals surface area contributed by atoms with Crippen molar-refractivity contribution in [3.8, 4) is 11.5 Å². The van der Waals surface area contributed by atoms with E-state index in [9.17, 15) is 14.4 Å². The lowest BCUT2D eigenvalue weighted by molar-refractivity contribution is -0.116. The van der Waals surface area contributed by atoms with E-state index in [1.54, 1.807) is 92.0 Å². The van der Waals surface area contributed by atoms with Gasteiger partial charge in [-0.05, 0) is 67.1 Å². The molecule has 0 radical (unpaired) electrons. The Morgan fingerprint density at radius 2 is 1.62 bits per heavy atom. The molecule has 0 aliphatic heterocycles. The third kappa shape index (κ3) is 9.04. The molecule has 0 saturated carbocycles. The van der Waals surface area contributed by atoms with Gasteiger partial charge in [0, 0.05) is 27.8 Å². The number of methoxy groups -OCH3 is 2. The Hall–Kier alpha value is -4.44. The molecule has 0 saturated heterocycles. The van der Waals surface area contributed by atoms with Gasteiger partial charge in [-0.3, -0.25) is 14.4 Å². The third-order valence-electron chi connectivity index (χ3n) is 6.51. The predicted octanol–water partition coefficient (Wildman–Crippen LogP) is 7.93. The minimum atomic E-state index is -0.556. The van der Waals surface area contributed by atoms with E-state index in [0.29, 0.717) is 45.4 Å². The van der Waals surface area contributed by atoms with E-state index in [-0.39, 0.29) is 16.6 Å². The molecule has 0 spiro atoms. The molecule has 0 aromatic heterocycles. The van der Waals surface area contributed by atoms with Gasteiger partial charge in [-0.25, -0.2) is 0 Å². The molecule has 1 unspecified atom stereocenters. The summed E-state index contributed by atoms with van der Waals surface area (Å²) in [6, 6.07) is 25.9. The first kappa shape index (κ1) is 33.5. The average molecular weight is 665 g/mol. The highest BCUT2D eigenvalue weighted by Gasteiger charge is 2.21. The Labute approximate surface area is 276 Å². The van der Waals surface area contributed by atoms with Gasteiger partial charge in [0.1, 0.15) is 17.2 Å². The molecule has 3 amide bonds. The van der Waals surface area contributed by atoms with Crippen molar-refractivity contribution in [2.75, 3.05) is 24.9 Å². The molecule has 0 fully saturated rings. The van der Waals surface area contributed by atoms with Gasteiger partial charge >= 0.3 is 0 Å². The van der Waals surface area contributed by atoms with Gasteiger partial charge in [0.25, 0.3) is 11.8 Å². The number of carbonyl (C=O) groups is 3. The monoisotopic (exact) mass is 663 g/mol. The van der Waals surface area contributed by atoms with Crippen molar-refractivity contribution in [2.45, 2.75) is 23.5 Å². The summed E-state index contributed by atoms with van der Waals surface area (Å²) in [7, 11) is 3.05. The summed E-state index contributed by atoms with van der Waals surface area (Å²) in [5, 5.41) is 8.60. The molecule has 45 heavy (non-hydrogen) atoms. The molecular weight excluding hydrogens is 633 g/mol. The van der Waals surface area contributed by atoms with Crippen molar-refractivity contribution in [1.82, 2.24) is 5.32 Å². The molecule has 8 nitrogen and oxygen atoms in total. The fourth-order valence-corrected chi connectivity index (χ4v) is 5.54. The van der Waals surface area contributed by atoms with E-state index >= 15 is 0 Å². The molecule has 232 valence electrons. The first-order valence-electron chi connectivity index (χ1n) is 13.9. The van der Waals surface area contributed by atoms with E-state index in [2.05, 4.69) is 16.0 Å². The summed E-state index contributed by atoms with van der Waals surface area (Å²) >= 11 is 13.7. The Morgan fingerprint density at radius 3 is 2.33 bits per heavy atom. The summed E-state index contributed by atoms with van der Waals surface area (Å²) in [6.45, 7) is 1.91. The standard InChI is InChI=1S/C34H31Cl2N3O5S/c1-4-30(34(42)38-27-15-9-14-26(35)31(27)36)45-25-13-8-12-23(19-25)37-33(41)28(39-32(40)21-10-6-5-7-11-21)18-22-16-17-24(43-2)20-29(22)44-3/h5-20,30H,4H2,1-3H3,(H,37,41)(H,38,42)(H,39,40)/b28-18+. The van der Waals surface area contributed by atoms with Crippen LogP contribution in [0.15, 0.2) is 102 Å². The second kappa shape index (κ2) is 16.0. The van der Waals surface area contributed by atoms with Crippen molar-refractivity contribution >= 4 is 70.1 Å². The van der Waals surface area contributed by atoms with Gasteiger partial charge in [-0.15, -0.1) is 11.8 Å². The quantitative estimate of drug-likeness (QED) is 0.105. The average Bonchev–Trinajstić information content (AvgIpc) is 3.06. The molecule has 3 N–H and O–H groups in total. The Kier molecular flexibility index (Phi) is 11.9. The number of thioether (sulfide) groups is 1. The van der Waals surface area contributed by atoms with E-state index in [0.717, 1.165) is 4.90 Å². The second-order valence-electron chi connectivity index (χ2n) is 9.57. The maximum Gasteiger partial charge on any atom is 0.272 e. The van der Waals surface area contributed by atoms with Crippen LogP contribution in [0.2, 0.25) is 10.0 Å². The van der Waals surface area contributed by atoms with Crippen LogP contribution in [-0.4, -0.2) is 37.2 Å². The SMILES string of the molecule is CCC(Sc1cccc(NC(=O)/C(=C\c2ccc(OC)cc2OC)NC(=O)c2ccccc2)c1)C(=O)Nc1cccc(Cl)c1Cl. The number of nitrogens with one attached hydrogen (secondary N) is 3. The van der Waals surface area contributed by atoms with Gasteiger partial charge in [0.05, 0.1) is 35.2 Å². The summed E-state index contributed by atoms with van der Waals surface area (Å²) in [5.74, 6) is -0.212. The number of hydrogen-bond acceptors (Lipinski definition) is 6. The molecule has 11 heteroatoms. The van der Waals surface area contributed by atoms with Crippen molar-refractivity contribution in [2.24, 2.45) is 0 Å². The van der Waals surface area contributed by atoms with Crippen LogP contribution < -0.4 is 25.4 Å². The predicted molar refractivity (Wildman–Crippen MR) is 182 cm³/mol. The van der Waals surface area contributed by atoms with E-state index in [1.807, 2.05) is 13.0 Å². The Morgan fingerprint density at radius 1 is 0.867 bits per heavy atom. The third-order valence-corrected chi connectivity index (χ3v) is 8.69. The Bertz CT molecular complexity index is 1720. The zero-order chi connectivity index (χ0) is 32.3. The first-order valence-corrected chi connectivity index (χ1v) is 15.5. The summed E-state index contributed by atoms with van der Waals surface area (Å²) in [6.07, 6.45) is 2.07. The zero-order valence-corrected chi connectivity index (χ0v) is 27.1. The smallest absolute Gasteiger partial charge is 0.272 e. The lowest BCUT2D eigenvalue weighted by atomic mass is 10.1. The number of hydrogen-bond donors (Lipinski definition) is 3. The molecule has 0 bridgehead atoms. The number of benzene rings is 4. The largest absolute Gasteiger partial charge is 0.497 e. The first-order chi connectivity index (χ1) is 21.7. The van der Waals surface area contributed by atoms with Crippen LogP contribution in [0.3, 0.4) is 0 Å². The van der Waals surface area contributed by atoms with Crippen LogP contribution in [0.4, 0.5) is 11.4 Å². The number of rotatable bonds is 12. The number of carbonyl (C=O) groups excluding carboxylic acids is 3. The van der Waals surface area contributed by atoms with Gasteiger partial charge in [-0.2, -0.15) is 0 Å². The fourth-order valence-electron chi connectivity index (χ4n) is 4.18. The fraction of sp³-hybridized carbons (Fsp3) is 0.147. The minimum Gasteiger partial charge on any atom is -0.497 e. The van der Waals surface area contributed by atoms with Gasteiger partial charge < -0.3 is 25.4 Å². The highest BCUT2D eigenvalue weighted by molar-refractivity contribution is 8.00. The molecule has 4 aromatic rings. The molecule has 4 rings (SSSR count). The second-order valence-corrected chi connectivity index (χ2v) is 11.6. The van der Waals surface area contributed by atoms with Gasteiger partial charge in [0.2, 0.25) is 5.91 Å². The van der Waals surface area contributed by atoms with Crippen LogP contribution >= 0.6 is 35.0 Å². The highest BCUT2D eigenvalue weighted by atomic mass is 35.5. The normalized spacial score (nSPS) is 11.7. The molecule has 0 aliphatic rings.